The number of likely N-dealkylation sites (tertiary alicyclic amines) is 1. The lowest BCUT2D eigenvalue weighted by atomic mass is 10.2. The molecule has 5 heteroatoms. The van der Waals surface area contributed by atoms with Crippen molar-refractivity contribution in [1.29, 1.82) is 0 Å². The summed E-state index contributed by atoms with van der Waals surface area (Å²) in [5.41, 5.74) is 1.36. The molecule has 2 aliphatic rings. The highest BCUT2D eigenvalue weighted by molar-refractivity contribution is 9.10. The van der Waals surface area contributed by atoms with E-state index >= 15 is 0 Å². The molecule has 1 atom stereocenters. The molecule has 0 bridgehead atoms. The van der Waals surface area contributed by atoms with Crippen LogP contribution < -0.4 is 4.90 Å². The van der Waals surface area contributed by atoms with Crippen LogP contribution in [0.1, 0.15) is 36.6 Å². The molecular formula is C19H23BrN4. The number of benzene rings is 1. The Hall–Kier alpha value is -1.46. The summed E-state index contributed by atoms with van der Waals surface area (Å²) < 4.78 is 1.20. The van der Waals surface area contributed by atoms with E-state index in [1.165, 1.54) is 29.3 Å². The lowest BCUT2D eigenvalue weighted by Gasteiger charge is -2.26. The van der Waals surface area contributed by atoms with Crippen LogP contribution in [0.5, 0.6) is 0 Å². The van der Waals surface area contributed by atoms with Crippen LogP contribution in [0, 0.1) is 0 Å². The van der Waals surface area contributed by atoms with Crippen molar-refractivity contribution in [1.82, 2.24) is 14.9 Å². The van der Waals surface area contributed by atoms with Crippen LogP contribution in [0.25, 0.3) is 0 Å². The summed E-state index contributed by atoms with van der Waals surface area (Å²) in [6.45, 7) is 3.22. The first-order valence-corrected chi connectivity index (χ1v) is 9.51. The Balaban J connectivity index is 1.41. The standard InChI is InChI=1S/C19H23BrN4/c1-23(18-8-10-21-19(22-18)14-6-7-14)16-9-11-24(13-16)12-15-4-2-3-5-17(15)20/h2-5,8,10,14,16H,6-7,9,11-13H2,1H3. The number of nitrogens with zero attached hydrogens (tertiary/aromatic N) is 4. The summed E-state index contributed by atoms with van der Waals surface area (Å²) in [7, 11) is 2.17. The van der Waals surface area contributed by atoms with Crippen LogP contribution >= 0.6 is 15.9 Å². The van der Waals surface area contributed by atoms with Gasteiger partial charge in [-0.25, -0.2) is 9.97 Å². The van der Waals surface area contributed by atoms with Gasteiger partial charge in [-0.15, -0.1) is 0 Å². The zero-order valence-corrected chi connectivity index (χ0v) is 15.6. The topological polar surface area (TPSA) is 32.3 Å². The van der Waals surface area contributed by atoms with Crippen LogP contribution in [0.2, 0.25) is 0 Å². The third-order valence-corrected chi connectivity index (χ3v) is 5.88. The second kappa shape index (κ2) is 6.81. The van der Waals surface area contributed by atoms with Gasteiger partial charge >= 0.3 is 0 Å². The van der Waals surface area contributed by atoms with Crippen LogP contribution in [-0.2, 0) is 6.54 Å². The van der Waals surface area contributed by atoms with Gasteiger partial charge in [0.25, 0.3) is 0 Å². The third-order valence-electron chi connectivity index (χ3n) is 5.11. The summed E-state index contributed by atoms with van der Waals surface area (Å²) >= 11 is 3.66. The van der Waals surface area contributed by atoms with Gasteiger partial charge in [-0.3, -0.25) is 4.90 Å². The van der Waals surface area contributed by atoms with E-state index in [4.69, 9.17) is 4.98 Å². The molecule has 1 saturated carbocycles. The molecule has 1 saturated heterocycles. The van der Waals surface area contributed by atoms with Gasteiger partial charge in [0, 0.05) is 49.3 Å². The molecule has 1 aromatic heterocycles. The lowest BCUT2D eigenvalue weighted by molar-refractivity contribution is 0.325. The number of anilines is 1. The lowest BCUT2D eigenvalue weighted by Crippen LogP contribution is -2.35. The zero-order valence-electron chi connectivity index (χ0n) is 14.0. The highest BCUT2D eigenvalue weighted by Crippen LogP contribution is 2.38. The molecular weight excluding hydrogens is 364 g/mol. The smallest absolute Gasteiger partial charge is 0.133 e. The molecule has 1 unspecified atom stereocenters. The molecule has 1 aliphatic heterocycles. The first-order valence-electron chi connectivity index (χ1n) is 8.72. The van der Waals surface area contributed by atoms with Gasteiger partial charge in [-0.1, -0.05) is 34.1 Å². The molecule has 24 heavy (non-hydrogen) atoms. The predicted octanol–water partition coefficient (Wildman–Crippen LogP) is 3.83. The Morgan fingerprint density at radius 3 is 2.83 bits per heavy atom. The highest BCUT2D eigenvalue weighted by atomic mass is 79.9. The van der Waals surface area contributed by atoms with Crippen molar-refractivity contribution in [2.45, 2.75) is 37.8 Å². The molecule has 4 nitrogen and oxygen atoms in total. The maximum atomic E-state index is 4.79. The van der Waals surface area contributed by atoms with E-state index < -0.39 is 0 Å². The Morgan fingerprint density at radius 1 is 1.21 bits per heavy atom. The van der Waals surface area contributed by atoms with Crippen LogP contribution in [0.15, 0.2) is 41.0 Å². The van der Waals surface area contributed by atoms with Crippen molar-refractivity contribution < 1.29 is 0 Å². The Morgan fingerprint density at radius 2 is 2.04 bits per heavy atom. The van der Waals surface area contributed by atoms with Crippen LogP contribution in [0.4, 0.5) is 5.82 Å². The molecule has 0 radical (unpaired) electrons. The molecule has 4 rings (SSSR count). The number of aromatic nitrogens is 2. The van der Waals surface area contributed by atoms with E-state index in [0.717, 1.165) is 31.3 Å². The second-order valence-corrected chi connectivity index (χ2v) is 7.78. The third kappa shape index (κ3) is 3.47. The average Bonchev–Trinajstić information content (AvgIpc) is 3.36. The van der Waals surface area contributed by atoms with E-state index in [9.17, 15) is 0 Å². The van der Waals surface area contributed by atoms with Crippen molar-refractivity contribution in [3.8, 4) is 0 Å². The summed E-state index contributed by atoms with van der Waals surface area (Å²) in [4.78, 5) is 14.1. The van der Waals surface area contributed by atoms with Crippen LogP contribution in [0.3, 0.4) is 0 Å². The van der Waals surface area contributed by atoms with E-state index in [1.807, 2.05) is 12.3 Å². The first-order chi connectivity index (χ1) is 11.7. The molecule has 2 fully saturated rings. The molecule has 2 heterocycles. The van der Waals surface area contributed by atoms with Crippen molar-refractivity contribution in [2.75, 3.05) is 25.0 Å². The van der Waals surface area contributed by atoms with E-state index in [1.54, 1.807) is 0 Å². The SMILES string of the molecule is CN(c1ccnc(C2CC2)n1)C1CCN(Cc2ccccc2Br)C1. The van der Waals surface area contributed by atoms with Crippen LogP contribution in [-0.4, -0.2) is 41.0 Å². The summed E-state index contributed by atoms with van der Waals surface area (Å²) in [6.07, 6.45) is 5.59. The highest BCUT2D eigenvalue weighted by Gasteiger charge is 2.29. The largest absolute Gasteiger partial charge is 0.355 e. The van der Waals surface area contributed by atoms with E-state index in [2.05, 4.69) is 62.0 Å². The summed E-state index contributed by atoms with van der Waals surface area (Å²) in [6, 6.07) is 11.1. The number of halogens is 1. The minimum Gasteiger partial charge on any atom is -0.355 e. The fourth-order valence-corrected chi connectivity index (χ4v) is 3.84. The molecule has 2 aromatic rings. The molecule has 126 valence electrons. The molecule has 0 amide bonds. The fourth-order valence-electron chi connectivity index (χ4n) is 3.42. The second-order valence-electron chi connectivity index (χ2n) is 6.93. The first kappa shape index (κ1) is 16.0. The maximum absolute atomic E-state index is 4.79. The Labute approximate surface area is 152 Å². The Kier molecular flexibility index (Phi) is 4.55. The van der Waals surface area contributed by atoms with E-state index in [-0.39, 0.29) is 0 Å². The summed E-state index contributed by atoms with van der Waals surface area (Å²) in [5.74, 6) is 2.70. The number of hydrogen-bond donors (Lipinski definition) is 0. The van der Waals surface area contributed by atoms with Gasteiger partial charge in [0.15, 0.2) is 0 Å². The molecule has 0 spiro atoms. The maximum Gasteiger partial charge on any atom is 0.133 e. The van der Waals surface area contributed by atoms with Gasteiger partial charge in [0.2, 0.25) is 0 Å². The molecule has 0 N–H and O–H groups in total. The minimum absolute atomic E-state index is 0.523. The van der Waals surface area contributed by atoms with Gasteiger partial charge in [-0.05, 0) is 37.0 Å². The predicted molar refractivity (Wildman–Crippen MR) is 100 cm³/mol. The molecule has 1 aliphatic carbocycles. The van der Waals surface area contributed by atoms with E-state index in [0.29, 0.717) is 12.0 Å². The van der Waals surface area contributed by atoms with Crippen molar-refractivity contribution >= 4 is 21.7 Å². The Bertz CT molecular complexity index is 716. The normalized spacial score (nSPS) is 21.2. The number of likely N-dealkylation sites (N-methyl/N-ethyl adjacent to an activating group) is 1. The minimum atomic E-state index is 0.523. The number of rotatable bonds is 5. The van der Waals surface area contributed by atoms with Crippen molar-refractivity contribution in [3.63, 3.8) is 0 Å². The van der Waals surface area contributed by atoms with Gasteiger partial charge in [-0.2, -0.15) is 0 Å². The van der Waals surface area contributed by atoms with Gasteiger partial charge in [0.05, 0.1) is 0 Å². The molecule has 1 aromatic carbocycles. The monoisotopic (exact) mass is 386 g/mol. The summed E-state index contributed by atoms with van der Waals surface area (Å²) in [5, 5.41) is 0. The average molecular weight is 387 g/mol. The quantitative estimate of drug-likeness (QED) is 0.781. The van der Waals surface area contributed by atoms with Crippen molar-refractivity contribution in [2.24, 2.45) is 0 Å². The fraction of sp³-hybridized carbons (Fsp3) is 0.474. The van der Waals surface area contributed by atoms with Gasteiger partial charge < -0.3 is 4.90 Å². The zero-order chi connectivity index (χ0) is 16.5. The number of hydrogen-bond acceptors (Lipinski definition) is 4. The van der Waals surface area contributed by atoms with Crippen molar-refractivity contribution in [3.05, 3.63) is 52.4 Å². The van der Waals surface area contributed by atoms with Gasteiger partial charge in [0.1, 0.15) is 11.6 Å².